The smallest absolute Gasteiger partial charge is 0.178 e. The second-order valence-corrected chi connectivity index (χ2v) is 5.15. The first-order valence-corrected chi connectivity index (χ1v) is 6.53. The van der Waals surface area contributed by atoms with Gasteiger partial charge in [-0.3, -0.25) is 0 Å². The van der Waals surface area contributed by atoms with Crippen molar-refractivity contribution in [2.45, 2.75) is 31.4 Å². The minimum absolute atomic E-state index is 0.251. The van der Waals surface area contributed by atoms with Crippen molar-refractivity contribution in [2.75, 3.05) is 7.11 Å². The van der Waals surface area contributed by atoms with Crippen LogP contribution in [0.2, 0.25) is 0 Å². The van der Waals surface area contributed by atoms with Gasteiger partial charge in [-0.2, -0.15) is 0 Å². The Morgan fingerprint density at radius 1 is 1.44 bits per heavy atom. The van der Waals surface area contributed by atoms with Gasteiger partial charge in [0.25, 0.3) is 0 Å². The highest BCUT2D eigenvalue weighted by Crippen LogP contribution is 2.34. The van der Waals surface area contributed by atoms with E-state index in [-0.39, 0.29) is 11.9 Å². The molecule has 3 rings (SSSR count). The summed E-state index contributed by atoms with van der Waals surface area (Å²) in [5, 5.41) is 0. The van der Waals surface area contributed by atoms with Crippen molar-refractivity contribution in [3.63, 3.8) is 0 Å². The normalized spacial score (nSPS) is 23.9. The fourth-order valence-electron chi connectivity index (χ4n) is 2.84. The van der Waals surface area contributed by atoms with E-state index in [4.69, 9.17) is 17.0 Å². The fourth-order valence-corrected chi connectivity index (χ4v) is 3.19. The van der Waals surface area contributed by atoms with Gasteiger partial charge in [0.05, 0.1) is 11.6 Å². The topological polar surface area (TPSA) is 29.9 Å². The van der Waals surface area contributed by atoms with Gasteiger partial charge < -0.3 is 14.3 Å². The quantitative estimate of drug-likeness (QED) is 0.842. The Morgan fingerprint density at radius 3 is 3.00 bits per heavy atom. The molecule has 96 valence electrons. The monoisotopic (exact) mass is 266 g/mol. The number of para-hydroxylation sites is 1. The number of fused-ring (bicyclic) bond motifs is 1. The van der Waals surface area contributed by atoms with Crippen LogP contribution >= 0.6 is 12.2 Å². The van der Waals surface area contributed by atoms with Crippen molar-refractivity contribution in [2.24, 2.45) is 0 Å². The third-order valence-corrected chi connectivity index (χ3v) is 4.06. The zero-order valence-corrected chi connectivity index (χ0v) is 11.0. The summed E-state index contributed by atoms with van der Waals surface area (Å²) in [4.78, 5) is 2.97. The summed E-state index contributed by atoms with van der Waals surface area (Å²) in [6, 6.07) is 5.38. The molecule has 2 aromatic rings. The number of methoxy groups -OCH3 is 1. The number of benzene rings is 1. The molecule has 1 N–H and O–H groups in total. The fraction of sp³-hybridized carbons (Fsp3) is 0.462. The molecular formula is C13H15FN2OS. The zero-order valence-electron chi connectivity index (χ0n) is 10.1. The van der Waals surface area contributed by atoms with Crippen molar-refractivity contribution in [1.82, 2.24) is 9.55 Å². The second kappa shape index (κ2) is 4.48. The van der Waals surface area contributed by atoms with Crippen molar-refractivity contribution < 1.29 is 9.13 Å². The molecule has 1 aromatic heterocycles. The standard InChI is InChI=1S/C13H15FN2OS/c1-17-9-6-5-8(7-9)16-11-4-2-3-10(14)12(11)15-13(16)18/h2-4,8-9H,5-7H2,1H3,(H,15,18). The summed E-state index contributed by atoms with van der Waals surface area (Å²) in [5.41, 5.74) is 1.35. The Kier molecular flexibility index (Phi) is 2.95. The van der Waals surface area contributed by atoms with Crippen molar-refractivity contribution in [1.29, 1.82) is 0 Å². The molecule has 5 heteroatoms. The van der Waals surface area contributed by atoms with E-state index in [1.165, 1.54) is 6.07 Å². The Hall–Kier alpha value is -1.20. The number of aromatic nitrogens is 2. The minimum Gasteiger partial charge on any atom is -0.381 e. The van der Waals surface area contributed by atoms with E-state index in [1.54, 1.807) is 13.2 Å². The lowest BCUT2D eigenvalue weighted by atomic mass is 10.2. The van der Waals surface area contributed by atoms with Gasteiger partial charge in [0.15, 0.2) is 4.77 Å². The lowest BCUT2D eigenvalue weighted by Crippen LogP contribution is -2.09. The molecule has 1 aliphatic carbocycles. The summed E-state index contributed by atoms with van der Waals surface area (Å²) in [6.45, 7) is 0. The van der Waals surface area contributed by atoms with Crippen LogP contribution in [0.5, 0.6) is 0 Å². The van der Waals surface area contributed by atoms with Gasteiger partial charge in [0.2, 0.25) is 0 Å². The SMILES string of the molecule is COC1CCC(n2c(=S)[nH]c3c(F)cccc32)C1. The predicted molar refractivity (Wildman–Crippen MR) is 70.8 cm³/mol. The van der Waals surface area contributed by atoms with Crippen molar-refractivity contribution in [3.8, 4) is 0 Å². The van der Waals surface area contributed by atoms with E-state index in [1.807, 2.05) is 10.6 Å². The van der Waals surface area contributed by atoms with Crippen LogP contribution in [0.25, 0.3) is 11.0 Å². The zero-order chi connectivity index (χ0) is 12.7. The highest BCUT2D eigenvalue weighted by atomic mass is 32.1. The van der Waals surface area contributed by atoms with Gasteiger partial charge in [0.1, 0.15) is 11.3 Å². The van der Waals surface area contributed by atoms with Crippen LogP contribution in [-0.2, 0) is 4.74 Å². The van der Waals surface area contributed by atoms with E-state index in [0.717, 1.165) is 24.8 Å². The summed E-state index contributed by atoms with van der Waals surface area (Å²) in [5.74, 6) is -0.251. The Balaban J connectivity index is 2.10. The van der Waals surface area contributed by atoms with Crippen LogP contribution in [-0.4, -0.2) is 22.8 Å². The predicted octanol–water partition coefficient (Wildman–Crippen LogP) is 3.58. The van der Waals surface area contributed by atoms with E-state index in [2.05, 4.69) is 4.98 Å². The lowest BCUT2D eigenvalue weighted by molar-refractivity contribution is 0.106. The molecule has 1 saturated carbocycles. The molecule has 1 fully saturated rings. The molecular weight excluding hydrogens is 251 g/mol. The van der Waals surface area contributed by atoms with Gasteiger partial charge in [-0.1, -0.05) is 6.07 Å². The van der Waals surface area contributed by atoms with Crippen LogP contribution in [0.3, 0.4) is 0 Å². The first-order chi connectivity index (χ1) is 8.70. The maximum absolute atomic E-state index is 13.7. The van der Waals surface area contributed by atoms with E-state index in [0.29, 0.717) is 16.3 Å². The number of imidazole rings is 1. The Morgan fingerprint density at radius 2 is 2.28 bits per heavy atom. The number of H-pyrrole nitrogens is 1. The average Bonchev–Trinajstić information content (AvgIpc) is 2.93. The molecule has 0 amide bonds. The van der Waals surface area contributed by atoms with Crippen LogP contribution in [0.4, 0.5) is 4.39 Å². The number of rotatable bonds is 2. The molecule has 0 bridgehead atoms. The van der Waals surface area contributed by atoms with Gasteiger partial charge in [-0.25, -0.2) is 4.39 Å². The van der Waals surface area contributed by atoms with Gasteiger partial charge in [-0.05, 0) is 43.6 Å². The first-order valence-electron chi connectivity index (χ1n) is 6.12. The van der Waals surface area contributed by atoms with Gasteiger partial charge in [0, 0.05) is 13.2 Å². The van der Waals surface area contributed by atoms with E-state index < -0.39 is 0 Å². The number of halogens is 1. The second-order valence-electron chi connectivity index (χ2n) is 4.76. The number of nitrogens with zero attached hydrogens (tertiary/aromatic N) is 1. The summed E-state index contributed by atoms with van der Waals surface area (Å²) >= 11 is 5.32. The summed E-state index contributed by atoms with van der Waals surface area (Å²) in [6.07, 6.45) is 3.28. The highest BCUT2D eigenvalue weighted by Gasteiger charge is 2.27. The van der Waals surface area contributed by atoms with Crippen LogP contribution in [0.15, 0.2) is 18.2 Å². The van der Waals surface area contributed by atoms with E-state index >= 15 is 0 Å². The molecule has 0 radical (unpaired) electrons. The number of aromatic amines is 1. The number of ether oxygens (including phenoxy) is 1. The van der Waals surface area contributed by atoms with E-state index in [9.17, 15) is 4.39 Å². The largest absolute Gasteiger partial charge is 0.381 e. The molecule has 3 nitrogen and oxygen atoms in total. The van der Waals surface area contributed by atoms with Gasteiger partial charge in [-0.15, -0.1) is 0 Å². The minimum atomic E-state index is -0.251. The van der Waals surface area contributed by atoms with Gasteiger partial charge >= 0.3 is 0 Å². The first kappa shape index (κ1) is 11.9. The lowest BCUT2D eigenvalue weighted by Gasteiger charge is -2.13. The van der Waals surface area contributed by atoms with Crippen molar-refractivity contribution >= 4 is 23.3 Å². The Labute approximate surface area is 110 Å². The number of hydrogen-bond donors (Lipinski definition) is 1. The maximum Gasteiger partial charge on any atom is 0.178 e. The molecule has 2 atom stereocenters. The molecule has 0 aliphatic heterocycles. The van der Waals surface area contributed by atoms with Crippen LogP contribution in [0, 0.1) is 10.6 Å². The number of hydrogen-bond acceptors (Lipinski definition) is 2. The molecule has 2 unspecified atom stereocenters. The van der Waals surface area contributed by atoms with Crippen LogP contribution in [0.1, 0.15) is 25.3 Å². The molecule has 18 heavy (non-hydrogen) atoms. The Bertz CT molecular complexity index is 633. The third-order valence-electron chi connectivity index (χ3n) is 3.76. The maximum atomic E-state index is 13.7. The summed E-state index contributed by atoms with van der Waals surface area (Å²) < 4.78 is 21.7. The molecule has 1 heterocycles. The highest BCUT2D eigenvalue weighted by molar-refractivity contribution is 7.71. The average molecular weight is 266 g/mol. The number of nitrogens with one attached hydrogen (secondary N) is 1. The molecule has 0 spiro atoms. The van der Waals surface area contributed by atoms with Crippen LogP contribution < -0.4 is 0 Å². The summed E-state index contributed by atoms with van der Waals surface area (Å²) in [7, 11) is 1.74. The van der Waals surface area contributed by atoms with Crippen molar-refractivity contribution in [3.05, 3.63) is 28.8 Å². The molecule has 0 saturated heterocycles. The molecule has 1 aliphatic rings. The molecule has 1 aromatic carbocycles. The third kappa shape index (κ3) is 1.78.